The van der Waals surface area contributed by atoms with Gasteiger partial charge in [-0.2, -0.15) is 0 Å². The molecule has 5 heteroatoms. The normalized spacial score (nSPS) is 17.6. The quantitative estimate of drug-likeness (QED) is 0.323. The van der Waals surface area contributed by atoms with Crippen molar-refractivity contribution in [1.82, 2.24) is 4.98 Å². The molecule has 6 rings (SSSR count). The Morgan fingerprint density at radius 2 is 1.38 bits per heavy atom. The predicted octanol–water partition coefficient (Wildman–Crippen LogP) is 6.10. The fourth-order valence-corrected chi connectivity index (χ4v) is 4.40. The highest BCUT2D eigenvalue weighted by Crippen LogP contribution is 2.38. The van der Waals surface area contributed by atoms with Gasteiger partial charge in [0.15, 0.2) is 5.58 Å². The summed E-state index contributed by atoms with van der Waals surface area (Å²) in [6.45, 7) is 8.28. The molecule has 0 amide bonds. The first kappa shape index (κ1) is 19.5. The fraction of sp³-hybridized carbons (Fsp3) is 0.222. The van der Waals surface area contributed by atoms with Crippen LogP contribution in [0.25, 0.3) is 44.1 Å². The van der Waals surface area contributed by atoms with Crippen molar-refractivity contribution in [2.75, 3.05) is 0 Å². The maximum Gasteiger partial charge on any atom is 0.494 e. The van der Waals surface area contributed by atoms with E-state index in [1.165, 1.54) is 0 Å². The number of hydrogen-bond acceptors (Lipinski definition) is 4. The van der Waals surface area contributed by atoms with Crippen molar-refractivity contribution in [1.29, 1.82) is 0 Å². The summed E-state index contributed by atoms with van der Waals surface area (Å²) in [7, 11) is -0.450. The SMILES string of the molecule is CC1(C)OB(c2cc(-c3nc4c(ccc5ccccc54)o3)c3ccccc3c2)OC1(C)C. The molecule has 0 bridgehead atoms. The summed E-state index contributed by atoms with van der Waals surface area (Å²) in [6.07, 6.45) is 0. The van der Waals surface area contributed by atoms with Gasteiger partial charge in [-0.1, -0.05) is 60.7 Å². The van der Waals surface area contributed by atoms with Crippen LogP contribution in [-0.2, 0) is 9.31 Å². The summed E-state index contributed by atoms with van der Waals surface area (Å²) in [5.74, 6) is 0.603. The van der Waals surface area contributed by atoms with E-state index in [0.29, 0.717) is 5.89 Å². The Hall–Kier alpha value is -3.15. The minimum absolute atomic E-state index is 0.403. The molecule has 1 fully saturated rings. The lowest BCUT2D eigenvalue weighted by Crippen LogP contribution is -2.41. The van der Waals surface area contributed by atoms with Crippen LogP contribution in [0.2, 0.25) is 0 Å². The second-order valence-electron chi connectivity index (χ2n) is 9.53. The van der Waals surface area contributed by atoms with Gasteiger partial charge in [-0.25, -0.2) is 4.98 Å². The molecular formula is C27H24BNO3. The molecule has 1 aliphatic rings. The summed E-state index contributed by atoms with van der Waals surface area (Å²) >= 11 is 0. The number of rotatable bonds is 2. The van der Waals surface area contributed by atoms with Gasteiger partial charge in [-0.15, -0.1) is 0 Å². The number of nitrogens with zero attached hydrogens (tertiary/aromatic N) is 1. The van der Waals surface area contributed by atoms with Gasteiger partial charge in [0.1, 0.15) is 5.52 Å². The highest BCUT2D eigenvalue weighted by Gasteiger charge is 2.51. The summed E-state index contributed by atoms with van der Waals surface area (Å²) in [5, 5.41) is 4.42. The van der Waals surface area contributed by atoms with Gasteiger partial charge in [-0.3, -0.25) is 0 Å². The van der Waals surface area contributed by atoms with Crippen LogP contribution < -0.4 is 5.46 Å². The monoisotopic (exact) mass is 421 g/mol. The molecule has 32 heavy (non-hydrogen) atoms. The Morgan fingerprint density at radius 1 is 0.719 bits per heavy atom. The van der Waals surface area contributed by atoms with Gasteiger partial charge >= 0.3 is 7.12 Å². The topological polar surface area (TPSA) is 44.5 Å². The molecule has 0 radical (unpaired) electrons. The van der Waals surface area contributed by atoms with Crippen LogP contribution in [-0.4, -0.2) is 23.3 Å². The van der Waals surface area contributed by atoms with E-state index < -0.39 is 18.3 Å². The lowest BCUT2D eigenvalue weighted by Gasteiger charge is -2.32. The zero-order chi connectivity index (χ0) is 22.1. The van der Waals surface area contributed by atoms with Crippen LogP contribution >= 0.6 is 0 Å². The molecule has 0 saturated carbocycles. The highest BCUT2D eigenvalue weighted by atomic mass is 16.7. The molecule has 4 aromatic carbocycles. The second-order valence-corrected chi connectivity index (χ2v) is 9.53. The largest absolute Gasteiger partial charge is 0.494 e. The second kappa shape index (κ2) is 6.68. The minimum Gasteiger partial charge on any atom is -0.436 e. The first-order valence-electron chi connectivity index (χ1n) is 11.0. The van der Waals surface area contributed by atoms with Crippen molar-refractivity contribution >= 4 is 45.2 Å². The molecule has 1 aromatic heterocycles. The Morgan fingerprint density at radius 3 is 2.12 bits per heavy atom. The van der Waals surface area contributed by atoms with Gasteiger partial charge in [0.2, 0.25) is 5.89 Å². The van der Waals surface area contributed by atoms with Crippen molar-refractivity contribution < 1.29 is 13.7 Å². The Kier molecular flexibility index (Phi) is 4.08. The summed E-state index contributed by atoms with van der Waals surface area (Å²) in [5.41, 5.74) is 2.75. The zero-order valence-electron chi connectivity index (χ0n) is 18.7. The third-order valence-corrected chi connectivity index (χ3v) is 6.92. The Bertz CT molecular complexity index is 1490. The molecule has 1 saturated heterocycles. The maximum atomic E-state index is 6.33. The summed E-state index contributed by atoms with van der Waals surface area (Å²) < 4.78 is 18.9. The zero-order valence-corrected chi connectivity index (χ0v) is 18.7. The van der Waals surface area contributed by atoms with E-state index >= 15 is 0 Å². The minimum atomic E-state index is -0.450. The van der Waals surface area contributed by atoms with Gasteiger partial charge in [0, 0.05) is 10.9 Å². The Balaban J connectivity index is 1.56. The summed E-state index contributed by atoms with van der Waals surface area (Å²) in [4.78, 5) is 4.94. The number of benzene rings is 4. The molecular weight excluding hydrogens is 397 g/mol. The van der Waals surface area contributed by atoms with E-state index in [0.717, 1.165) is 43.7 Å². The van der Waals surface area contributed by atoms with E-state index in [1.807, 2.05) is 30.3 Å². The third-order valence-electron chi connectivity index (χ3n) is 6.92. The van der Waals surface area contributed by atoms with E-state index in [2.05, 4.69) is 70.2 Å². The van der Waals surface area contributed by atoms with Crippen molar-refractivity contribution in [3.05, 3.63) is 72.8 Å². The van der Waals surface area contributed by atoms with Crippen LogP contribution in [0.5, 0.6) is 0 Å². The number of oxazole rings is 1. The molecule has 158 valence electrons. The highest BCUT2D eigenvalue weighted by molar-refractivity contribution is 6.62. The molecule has 0 aliphatic carbocycles. The van der Waals surface area contributed by atoms with Crippen LogP contribution in [0.4, 0.5) is 0 Å². The van der Waals surface area contributed by atoms with Gasteiger partial charge in [-0.05, 0) is 61.4 Å². The van der Waals surface area contributed by atoms with Crippen LogP contribution in [0.1, 0.15) is 27.7 Å². The Labute approximate surface area is 187 Å². The molecule has 0 spiro atoms. The first-order valence-corrected chi connectivity index (χ1v) is 11.0. The van der Waals surface area contributed by atoms with E-state index in [1.54, 1.807) is 0 Å². The molecule has 0 atom stereocenters. The third kappa shape index (κ3) is 2.89. The molecule has 1 aliphatic heterocycles. The fourth-order valence-electron chi connectivity index (χ4n) is 4.40. The van der Waals surface area contributed by atoms with Gasteiger partial charge < -0.3 is 13.7 Å². The smallest absolute Gasteiger partial charge is 0.436 e. The number of fused-ring (bicyclic) bond motifs is 4. The van der Waals surface area contributed by atoms with Crippen molar-refractivity contribution in [2.24, 2.45) is 0 Å². The maximum absolute atomic E-state index is 6.33. The standard InChI is InChI=1S/C27H24BNO3/c1-26(2)27(3,4)32-28(31-26)19-15-18-10-6-7-11-20(18)22(16-19)25-29-24-21-12-8-5-9-17(21)13-14-23(24)30-25/h5-16H,1-4H3. The average molecular weight is 421 g/mol. The first-order chi connectivity index (χ1) is 15.3. The van der Waals surface area contributed by atoms with Crippen molar-refractivity contribution in [2.45, 2.75) is 38.9 Å². The van der Waals surface area contributed by atoms with Crippen molar-refractivity contribution in [3.63, 3.8) is 0 Å². The van der Waals surface area contributed by atoms with Crippen LogP contribution in [0.3, 0.4) is 0 Å². The van der Waals surface area contributed by atoms with Crippen LogP contribution in [0, 0.1) is 0 Å². The average Bonchev–Trinajstić information content (AvgIpc) is 3.31. The lowest BCUT2D eigenvalue weighted by molar-refractivity contribution is 0.00578. The van der Waals surface area contributed by atoms with E-state index in [9.17, 15) is 0 Å². The number of hydrogen-bond donors (Lipinski definition) is 0. The molecule has 2 heterocycles. The lowest BCUT2D eigenvalue weighted by atomic mass is 9.77. The van der Waals surface area contributed by atoms with Crippen molar-refractivity contribution in [3.8, 4) is 11.5 Å². The van der Waals surface area contributed by atoms with E-state index in [4.69, 9.17) is 18.7 Å². The molecule has 0 N–H and O–H groups in total. The predicted molar refractivity (Wildman–Crippen MR) is 130 cm³/mol. The summed E-state index contributed by atoms with van der Waals surface area (Å²) in [6, 6.07) is 24.8. The van der Waals surface area contributed by atoms with Gasteiger partial charge in [0.05, 0.1) is 11.2 Å². The van der Waals surface area contributed by atoms with E-state index in [-0.39, 0.29) is 0 Å². The van der Waals surface area contributed by atoms with Gasteiger partial charge in [0.25, 0.3) is 0 Å². The molecule has 4 nitrogen and oxygen atoms in total. The van der Waals surface area contributed by atoms with Crippen LogP contribution in [0.15, 0.2) is 77.2 Å². The molecule has 5 aromatic rings. The number of aromatic nitrogens is 1. The molecule has 0 unspecified atom stereocenters.